The Labute approximate surface area is 400 Å². The normalized spacial score (nSPS) is 14.8. The minimum Gasteiger partial charge on any atom is -0.310 e. The van der Waals surface area contributed by atoms with Crippen LogP contribution in [0.3, 0.4) is 0 Å². The molecular formula is C67H51N. The molecule has 0 heterocycles. The molecule has 68 heavy (non-hydrogen) atoms. The summed E-state index contributed by atoms with van der Waals surface area (Å²) in [6.07, 6.45) is 0. The highest BCUT2D eigenvalue weighted by molar-refractivity contribution is 5.98. The van der Waals surface area contributed by atoms with E-state index in [1.165, 1.54) is 100 Å². The average molecular weight is 870 g/mol. The number of fused-ring (bicyclic) bond motifs is 9. The fourth-order valence-electron chi connectivity index (χ4n) is 12.5. The van der Waals surface area contributed by atoms with Gasteiger partial charge in [-0.25, -0.2) is 0 Å². The van der Waals surface area contributed by atoms with Gasteiger partial charge < -0.3 is 4.90 Å². The molecule has 324 valence electrons. The van der Waals surface area contributed by atoms with Crippen molar-refractivity contribution in [2.24, 2.45) is 0 Å². The molecule has 0 saturated carbocycles. The molecule has 0 N–H and O–H groups in total. The predicted molar refractivity (Wildman–Crippen MR) is 284 cm³/mol. The van der Waals surface area contributed by atoms with E-state index >= 15 is 0 Å². The fraction of sp³-hybridized carbons (Fsp3) is 0.104. The smallest absolute Gasteiger partial charge is 0.0714 e. The molecule has 0 spiro atoms. The average Bonchev–Trinajstić information content (AvgIpc) is 3.91. The van der Waals surface area contributed by atoms with E-state index in [0.717, 1.165) is 17.1 Å². The first-order chi connectivity index (χ1) is 33.2. The number of anilines is 3. The molecule has 0 saturated heterocycles. The highest BCUT2D eigenvalue weighted by Gasteiger charge is 2.47. The fourth-order valence-corrected chi connectivity index (χ4v) is 12.5. The van der Waals surface area contributed by atoms with Crippen LogP contribution in [0.4, 0.5) is 17.1 Å². The topological polar surface area (TPSA) is 3.24 Å². The van der Waals surface area contributed by atoms with Crippen molar-refractivity contribution in [3.05, 3.63) is 281 Å². The zero-order valence-corrected chi connectivity index (χ0v) is 39.0. The molecule has 0 atom stereocenters. The zero-order chi connectivity index (χ0) is 45.8. The monoisotopic (exact) mass is 869 g/mol. The van der Waals surface area contributed by atoms with E-state index in [9.17, 15) is 0 Å². The van der Waals surface area contributed by atoms with E-state index in [1.807, 2.05) is 0 Å². The van der Waals surface area contributed by atoms with Gasteiger partial charge in [-0.3, -0.25) is 0 Å². The van der Waals surface area contributed by atoms with Gasteiger partial charge >= 0.3 is 0 Å². The van der Waals surface area contributed by atoms with Crippen molar-refractivity contribution in [3.8, 4) is 55.6 Å². The second kappa shape index (κ2) is 15.0. The maximum absolute atomic E-state index is 2.59. The van der Waals surface area contributed by atoms with Gasteiger partial charge in [0.15, 0.2) is 0 Å². The first-order valence-corrected chi connectivity index (χ1v) is 24.1. The second-order valence-corrected chi connectivity index (χ2v) is 20.0. The lowest BCUT2D eigenvalue weighted by Gasteiger charge is -2.36. The maximum atomic E-state index is 2.59. The van der Waals surface area contributed by atoms with E-state index in [1.54, 1.807) is 0 Å². The third kappa shape index (κ3) is 5.75. The third-order valence-electron chi connectivity index (χ3n) is 15.8. The molecular weight excluding hydrogens is 819 g/mol. The van der Waals surface area contributed by atoms with Gasteiger partial charge in [-0.2, -0.15) is 0 Å². The Hall–Kier alpha value is -8.00. The van der Waals surface area contributed by atoms with Crippen LogP contribution in [0, 0.1) is 0 Å². The summed E-state index contributed by atoms with van der Waals surface area (Å²) in [5.74, 6) is 0. The Kier molecular flexibility index (Phi) is 8.89. The molecule has 3 aliphatic carbocycles. The largest absolute Gasteiger partial charge is 0.310 e. The van der Waals surface area contributed by atoms with Gasteiger partial charge in [0.25, 0.3) is 0 Å². The van der Waals surface area contributed by atoms with Crippen LogP contribution < -0.4 is 4.90 Å². The molecule has 10 aromatic rings. The Morgan fingerprint density at radius 3 is 1.18 bits per heavy atom. The molecule has 0 radical (unpaired) electrons. The molecule has 1 heteroatoms. The van der Waals surface area contributed by atoms with Gasteiger partial charge in [0.05, 0.1) is 11.1 Å². The van der Waals surface area contributed by atoms with Crippen LogP contribution in [0.15, 0.2) is 237 Å². The highest BCUT2D eigenvalue weighted by atomic mass is 15.1. The van der Waals surface area contributed by atoms with Crippen LogP contribution in [-0.2, 0) is 16.2 Å². The van der Waals surface area contributed by atoms with E-state index in [-0.39, 0.29) is 10.8 Å². The Morgan fingerprint density at radius 2 is 0.662 bits per heavy atom. The molecule has 0 amide bonds. The van der Waals surface area contributed by atoms with Crippen molar-refractivity contribution < 1.29 is 0 Å². The molecule has 3 aliphatic rings. The predicted octanol–water partition coefficient (Wildman–Crippen LogP) is 17.5. The molecule has 0 aromatic heterocycles. The molecule has 10 aromatic carbocycles. The number of rotatable bonds is 7. The van der Waals surface area contributed by atoms with Crippen LogP contribution in [0.25, 0.3) is 55.6 Å². The quantitative estimate of drug-likeness (QED) is 0.154. The van der Waals surface area contributed by atoms with E-state index in [2.05, 4.69) is 269 Å². The minimum atomic E-state index is -0.576. The third-order valence-corrected chi connectivity index (χ3v) is 15.8. The zero-order valence-electron chi connectivity index (χ0n) is 39.0. The summed E-state index contributed by atoms with van der Waals surface area (Å²) in [7, 11) is 0. The lowest BCUT2D eigenvalue weighted by Crippen LogP contribution is -2.28. The summed E-state index contributed by atoms with van der Waals surface area (Å²) in [5.41, 5.74) is 25.6. The summed E-state index contributed by atoms with van der Waals surface area (Å²) in [5, 5.41) is 0. The SMILES string of the molecule is CC1(C)c2ccccc2-c2ccc(N(c3ccc4c(c3)C(C)(C)c3ccccc3-4)c3cc4c(cc3-c3ccc(-c5ccccc5)cc3)-c3ccccc3C4(c3ccccc3)c3ccccc3)cc21. The lowest BCUT2D eigenvalue weighted by molar-refractivity contribution is 0.660. The van der Waals surface area contributed by atoms with Gasteiger partial charge in [-0.1, -0.05) is 228 Å². The Morgan fingerprint density at radius 1 is 0.265 bits per heavy atom. The van der Waals surface area contributed by atoms with Gasteiger partial charge in [0.2, 0.25) is 0 Å². The van der Waals surface area contributed by atoms with Crippen molar-refractivity contribution in [2.45, 2.75) is 43.9 Å². The van der Waals surface area contributed by atoms with Crippen LogP contribution in [0.1, 0.15) is 72.2 Å². The molecule has 0 bridgehead atoms. The van der Waals surface area contributed by atoms with Crippen LogP contribution in [0.5, 0.6) is 0 Å². The van der Waals surface area contributed by atoms with Crippen LogP contribution >= 0.6 is 0 Å². The molecule has 0 fully saturated rings. The number of nitrogens with zero attached hydrogens (tertiary/aromatic N) is 1. The van der Waals surface area contributed by atoms with Gasteiger partial charge in [-0.05, 0) is 131 Å². The van der Waals surface area contributed by atoms with Crippen LogP contribution in [0.2, 0.25) is 0 Å². The highest BCUT2D eigenvalue weighted by Crippen LogP contribution is 2.60. The van der Waals surface area contributed by atoms with Crippen molar-refractivity contribution >= 4 is 17.1 Å². The second-order valence-electron chi connectivity index (χ2n) is 20.0. The number of hydrogen-bond acceptors (Lipinski definition) is 1. The standard InChI is InChI=1S/C67H51N/c1-65(2)58-29-17-14-26-51(58)54-38-36-49(40-61(54)65)68(50-37-39-55-52-27-15-18-30-59(52)66(3,4)62(55)41-50)64-43-63-57(42-56(64)46-34-32-45(33-35-46)44-20-8-5-9-21-44)53-28-16-19-31-60(53)67(63,47-22-10-6-11-23-47)48-24-12-7-13-25-48/h5-43H,1-4H3. The number of benzene rings is 10. The Balaban J connectivity index is 1.13. The molecule has 0 unspecified atom stereocenters. The summed E-state index contributed by atoms with van der Waals surface area (Å²) >= 11 is 0. The summed E-state index contributed by atoms with van der Waals surface area (Å²) in [4.78, 5) is 2.59. The summed E-state index contributed by atoms with van der Waals surface area (Å²) < 4.78 is 0. The molecule has 0 aliphatic heterocycles. The van der Waals surface area contributed by atoms with Gasteiger partial charge in [0.1, 0.15) is 0 Å². The maximum Gasteiger partial charge on any atom is 0.0714 e. The van der Waals surface area contributed by atoms with E-state index in [0.29, 0.717) is 0 Å². The summed E-state index contributed by atoms with van der Waals surface area (Å²) in [6.45, 7) is 9.56. The van der Waals surface area contributed by atoms with Crippen LogP contribution in [-0.4, -0.2) is 0 Å². The van der Waals surface area contributed by atoms with Gasteiger partial charge in [-0.15, -0.1) is 0 Å². The lowest BCUT2D eigenvalue weighted by atomic mass is 9.67. The van der Waals surface area contributed by atoms with Crippen molar-refractivity contribution in [1.82, 2.24) is 0 Å². The Bertz CT molecular complexity index is 3450. The molecule has 13 rings (SSSR count). The van der Waals surface area contributed by atoms with Crippen molar-refractivity contribution in [2.75, 3.05) is 4.90 Å². The van der Waals surface area contributed by atoms with Crippen molar-refractivity contribution in [1.29, 1.82) is 0 Å². The first-order valence-electron chi connectivity index (χ1n) is 24.1. The van der Waals surface area contributed by atoms with E-state index in [4.69, 9.17) is 0 Å². The minimum absolute atomic E-state index is 0.180. The van der Waals surface area contributed by atoms with Crippen molar-refractivity contribution in [3.63, 3.8) is 0 Å². The van der Waals surface area contributed by atoms with E-state index < -0.39 is 5.41 Å². The number of hydrogen-bond donors (Lipinski definition) is 0. The molecule has 1 nitrogen and oxygen atoms in total. The first kappa shape index (κ1) is 40.3. The van der Waals surface area contributed by atoms with Gasteiger partial charge in [0, 0.05) is 27.8 Å². The summed E-state index contributed by atoms with van der Waals surface area (Å²) in [6, 6.07) is 89.0.